The fourth-order valence-corrected chi connectivity index (χ4v) is 3.35. The van der Waals surface area contributed by atoms with E-state index in [1.165, 1.54) is 5.56 Å². The Morgan fingerprint density at radius 1 is 1.35 bits per heavy atom. The summed E-state index contributed by atoms with van der Waals surface area (Å²) in [7, 11) is 0. The maximum Gasteiger partial charge on any atom is 0.0819 e. The molecule has 1 heterocycles. The lowest BCUT2D eigenvalue weighted by Crippen LogP contribution is -2.40. The van der Waals surface area contributed by atoms with Crippen molar-refractivity contribution in [3.63, 3.8) is 0 Å². The Balaban J connectivity index is 1.95. The molecule has 17 heavy (non-hydrogen) atoms. The van der Waals surface area contributed by atoms with Gasteiger partial charge >= 0.3 is 0 Å². The summed E-state index contributed by atoms with van der Waals surface area (Å²) < 4.78 is 13.7. The highest BCUT2D eigenvalue weighted by molar-refractivity contribution is 14.1. The molecule has 0 saturated carbocycles. The molecule has 0 amide bonds. The first kappa shape index (κ1) is 13.8. The van der Waals surface area contributed by atoms with Gasteiger partial charge in [-0.3, -0.25) is 0 Å². The highest BCUT2D eigenvalue weighted by Crippen LogP contribution is 2.29. The van der Waals surface area contributed by atoms with Crippen LogP contribution in [-0.4, -0.2) is 23.2 Å². The minimum atomic E-state index is 0.0150. The third-order valence-corrected chi connectivity index (χ3v) is 4.97. The van der Waals surface area contributed by atoms with E-state index < -0.39 is 0 Å². The Morgan fingerprint density at radius 2 is 2.12 bits per heavy atom. The summed E-state index contributed by atoms with van der Waals surface area (Å²) in [5.74, 6) is 0. The lowest BCUT2D eigenvalue weighted by Gasteiger charge is -2.35. The maximum atomic E-state index is 6.15. The van der Waals surface area contributed by atoms with Crippen LogP contribution in [0.25, 0.3) is 0 Å². The molecule has 0 radical (unpaired) electrons. The van der Waals surface area contributed by atoms with E-state index in [9.17, 15) is 0 Å². The van der Waals surface area contributed by atoms with E-state index in [0.29, 0.717) is 6.61 Å². The molecular weight excluding hydrogens is 395 g/mol. The van der Waals surface area contributed by atoms with Gasteiger partial charge in [-0.2, -0.15) is 0 Å². The molecule has 1 saturated heterocycles. The second-order valence-corrected chi connectivity index (χ2v) is 6.03. The molecule has 0 aliphatic carbocycles. The zero-order valence-electron chi connectivity index (χ0n) is 9.62. The molecular formula is C13H16BrIO2. The number of halogens is 2. The molecule has 0 N–H and O–H groups in total. The predicted molar refractivity (Wildman–Crippen MR) is 80.6 cm³/mol. The van der Waals surface area contributed by atoms with E-state index in [1.54, 1.807) is 0 Å². The lowest BCUT2D eigenvalue weighted by atomic mass is 9.96. The molecule has 1 aromatic rings. The average Bonchev–Trinajstić information content (AvgIpc) is 2.38. The number of benzene rings is 1. The largest absolute Gasteiger partial charge is 0.381 e. The molecule has 0 atom stereocenters. The molecule has 0 unspecified atom stereocenters. The monoisotopic (exact) mass is 410 g/mol. The van der Waals surface area contributed by atoms with Gasteiger partial charge in [-0.1, -0.05) is 50.7 Å². The lowest BCUT2D eigenvalue weighted by molar-refractivity contribution is -0.102. The van der Waals surface area contributed by atoms with E-state index in [1.807, 2.05) is 12.1 Å². The minimum absolute atomic E-state index is 0.0150. The van der Waals surface area contributed by atoms with Crippen molar-refractivity contribution < 1.29 is 9.47 Å². The summed E-state index contributed by atoms with van der Waals surface area (Å²) in [5.41, 5.74) is 1.23. The third-order valence-electron chi connectivity index (χ3n) is 3.08. The van der Waals surface area contributed by atoms with Crippen molar-refractivity contribution in [1.82, 2.24) is 0 Å². The number of alkyl halides is 1. The Kier molecular flexibility index (Phi) is 5.26. The molecule has 1 aromatic carbocycles. The van der Waals surface area contributed by atoms with Crippen molar-refractivity contribution in [1.29, 1.82) is 0 Å². The smallest absolute Gasteiger partial charge is 0.0819 e. The molecule has 0 spiro atoms. The van der Waals surface area contributed by atoms with Crippen LogP contribution in [0.2, 0.25) is 0 Å². The fourth-order valence-electron chi connectivity index (χ4n) is 1.92. The van der Waals surface area contributed by atoms with E-state index in [2.05, 4.69) is 50.7 Å². The fraction of sp³-hybridized carbons (Fsp3) is 0.538. The summed E-state index contributed by atoms with van der Waals surface area (Å²) >= 11 is 5.90. The van der Waals surface area contributed by atoms with Crippen LogP contribution >= 0.6 is 38.5 Å². The van der Waals surface area contributed by atoms with E-state index in [-0.39, 0.29) is 5.60 Å². The van der Waals surface area contributed by atoms with E-state index in [4.69, 9.17) is 9.47 Å². The second-order valence-electron chi connectivity index (χ2n) is 4.35. The number of hydrogen-bond donors (Lipinski definition) is 0. The molecule has 2 rings (SSSR count). The van der Waals surface area contributed by atoms with Crippen molar-refractivity contribution in [2.45, 2.75) is 25.0 Å². The first-order valence-electron chi connectivity index (χ1n) is 5.76. The highest BCUT2D eigenvalue weighted by atomic mass is 127. The molecule has 94 valence electrons. The Morgan fingerprint density at radius 3 is 2.76 bits per heavy atom. The summed E-state index contributed by atoms with van der Waals surface area (Å²) in [6, 6.07) is 8.29. The van der Waals surface area contributed by atoms with Gasteiger partial charge in [0.2, 0.25) is 0 Å². The zero-order chi connectivity index (χ0) is 12.1. The van der Waals surface area contributed by atoms with Crippen LogP contribution in [-0.2, 0) is 16.1 Å². The standard InChI is InChI=1S/C13H16BrIO2/c14-12-3-1-2-11(8-12)9-17-13(10-15)4-6-16-7-5-13/h1-3,8H,4-7,9-10H2. The summed E-state index contributed by atoms with van der Waals surface area (Å²) in [5, 5.41) is 0. The van der Waals surface area contributed by atoms with Crippen LogP contribution in [0.1, 0.15) is 18.4 Å². The van der Waals surface area contributed by atoms with Gasteiger partial charge in [0, 0.05) is 35.0 Å². The molecule has 1 aliphatic heterocycles. The molecule has 4 heteroatoms. The second kappa shape index (κ2) is 6.50. The van der Waals surface area contributed by atoms with Crippen LogP contribution in [0.4, 0.5) is 0 Å². The zero-order valence-corrected chi connectivity index (χ0v) is 13.4. The number of rotatable bonds is 4. The Labute approximate surface area is 124 Å². The van der Waals surface area contributed by atoms with E-state index in [0.717, 1.165) is 35.0 Å². The summed E-state index contributed by atoms with van der Waals surface area (Å²) in [4.78, 5) is 0. The van der Waals surface area contributed by atoms with Crippen molar-refractivity contribution in [3.8, 4) is 0 Å². The predicted octanol–water partition coefficient (Wildman–Crippen LogP) is 3.95. The van der Waals surface area contributed by atoms with Crippen LogP contribution < -0.4 is 0 Å². The van der Waals surface area contributed by atoms with Gasteiger partial charge < -0.3 is 9.47 Å². The van der Waals surface area contributed by atoms with Gasteiger partial charge in [-0.05, 0) is 17.7 Å². The van der Waals surface area contributed by atoms with Crippen LogP contribution in [0.3, 0.4) is 0 Å². The molecule has 2 nitrogen and oxygen atoms in total. The van der Waals surface area contributed by atoms with Crippen molar-refractivity contribution in [3.05, 3.63) is 34.3 Å². The molecule has 1 aliphatic rings. The van der Waals surface area contributed by atoms with Crippen molar-refractivity contribution in [2.75, 3.05) is 17.6 Å². The minimum Gasteiger partial charge on any atom is -0.381 e. The third kappa shape index (κ3) is 3.91. The Bertz CT molecular complexity index is 364. The van der Waals surface area contributed by atoms with Gasteiger partial charge in [-0.15, -0.1) is 0 Å². The van der Waals surface area contributed by atoms with Crippen LogP contribution in [0, 0.1) is 0 Å². The molecule has 1 fully saturated rings. The average molecular weight is 411 g/mol. The first-order chi connectivity index (χ1) is 8.24. The highest BCUT2D eigenvalue weighted by Gasteiger charge is 2.32. The van der Waals surface area contributed by atoms with Crippen molar-refractivity contribution in [2.24, 2.45) is 0 Å². The maximum absolute atomic E-state index is 6.15. The number of ether oxygens (including phenoxy) is 2. The normalized spacial score (nSPS) is 19.2. The van der Waals surface area contributed by atoms with Crippen LogP contribution in [0.5, 0.6) is 0 Å². The first-order valence-corrected chi connectivity index (χ1v) is 8.08. The van der Waals surface area contributed by atoms with Gasteiger partial charge in [-0.25, -0.2) is 0 Å². The SMILES string of the molecule is Brc1cccc(COC2(CI)CCOCC2)c1. The van der Waals surface area contributed by atoms with Gasteiger partial charge in [0.05, 0.1) is 12.2 Å². The molecule has 0 bridgehead atoms. The number of hydrogen-bond acceptors (Lipinski definition) is 2. The van der Waals surface area contributed by atoms with Gasteiger partial charge in [0.25, 0.3) is 0 Å². The van der Waals surface area contributed by atoms with Gasteiger partial charge in [0.1, 0.15) is 0 Å². The van der Waals surface area contributed by atoms with Crippen LogP contribution in [0.15, 0.2) is 28.7 Å². The van der Waals surface area contributed by atoms with Gasteiger partial charge in [0.15, 0.2) is 0 Å². The summed E-state index contributed by atoms with van der Waals surface area (Å²) in [6.07, 6.45) is 2.01. The Hall–Kier alpha value is 0.350. The van der Waals surface area contributed by atoms with E-state index >= 15 is 0 Å². The topological polar surface area (TPSA) is 18.5 Å². The van der Waals surface area contributed by atoms with Crippen molar-refractivity contribution >= 4 is 38.5 Å². The summed E-state index contributed by atoms with van der Waals surface area (Å²) in [6.45, 7) is 2.32. The quantitative estimate of drug-likeness (QED) is 0.552. The molecule has 0 aromatic heterocycles.